The Balaban J connectivity index is 1.48. The first-order chi connectivity index (χ1) is 17.0. The van der Waals surface area contributed by atoms with E-state index in [9.17, 15) is 19.2 Å². The number of anilines is 2. The standard InChI is InChI=1S/C26H24N4O5/c31-21-15-19(22(32)29(21)17-7-3-1-4-8-17)26-20(16-27-24(26)28-11-13-35-14-12-28)23(33)30(25(26)34)18-9-5-2-6-10-18/h1-10,19-20H,11-16H2. The Bertz CT molecular complexity index is 1240. The molecule has 3 fully saturated rings. The van der Waals surface area contributed by atoms with Crippen LogP contribution in [-0.2, 0) is 23.9 Å². The molecule has 6 rings (SSSR count). The summed E-state index contributed by atoms with van der Waals surface area (Å²) in [5, 5.41) is 0. The molecule has 0 N–H and O–H groups in total. The van der Waals surface area contributed by atoms with Crippen molar-refractivity contribution >= 4 is 40.8 Å². The maximum atomic E-state index is 14.3. The zero-order chi connectivity index (χ0) is 24.2. The number of morpholine rings is 1. The molecule has 3 atom stereocenters. The number of fused-ring (bicyclic) bond motifs is 1. The number of amides is 4. The lowest BCUT2D eigenvalue weighted by Gasteiger charge is -2.39. The highest BCUT2D eigenvalue weighted by molar-refractivity contribution is 6.35. The fraction of sp³-hybridized carbons (Fsp3) is 0.346. The van der Waals surface area contributed by atoms with Gasteiger partial charge >= 0.3 is 0 Å². The van der Waals surface area contributed by atoms with Crippen molar-refractivity contribution in [3.63, 3.8) is 0 Å². The molecular weight excluding hydrogens is 448 g/mol. The highest BCUT2D eigenvalue weighted by atomic mass is 16.5. The Morgan fingerprint density at radius 2 is 1.34 bits per heavy atom. The van der Waals surface area contributed by atoms with Gasteiger partial charge in [-0.05, 0) is 24.3 Å². The van der Waals surface area contributed by atoms with Crippen LogP contribution in [0.2, 0.25) is 0 Å². The minimum atomic E-state index is -1.53. The normalized spacial score (nSPS) is 28.7. The van der Waals surface area contributed by atoms with Crippen molar-refractivity contribution in [3.05, 3.63) is 60.7 Å². The van der Waals surface area contributed by atoms with Crippen LogP contribution in [0, 0.1) is 17.3 Å². The van der Waals surface area contributed by atoms with E-state index in [1.54, 1.807) is 54.6 Å². The lowest BCUT2D eigenvalue weighted by molar-refractivity contribution is -0.133. The van der Waals surface area contributed by atoms with Crippen LogP contribution in [0.25, 0.3) is 0 Å². The predicted octanol–water partition coefficient (Wildman–Crippen LogP) is 1.49. The van der Waals surface area contributed by atoms with E-state index in [2.05, 4.69) is 4.99 Å². The zero-order valence-corrected chi connectivity index (χ0v) is 19.0. The number of imide groups is 2. The number of nitrogens with zero attached hydrogens (tertiary/aromatic N) is 4. The molecule has 9 nitrogen and oxygen atoms in total. The molecule has 2 aromatic rings. The Morgan fingerprint density at radius 1 is 0.771 bits per heavy atom. The molecule has 3 unspecified atom stereocenters. The molecule has 0 aliphatic carbocycles. The number of hydrogen-bond donors (Lipinski definition) is 0. The number of rotatable bonds is 3. The molecule has 9 heteroatoms. The largest absolute Gasteiger partial charge is 0.378 e. The van der Waals surface area contributed by atoms with Crippen molar-refractivity contribution in [2.24, 2.45) is 22.2 Å². The number of carbonyl (C=O) groups is 4. The number of carbonyl (C=O) groups excluding carboxylic acids is 4. The molecule has 2 aromatic carbocycles. The number of benzene rings is 2. The summed E-state index contributed by atoms with van der Waals surface area (Å²) in [5.74, 6) is -3.14. The third kappa shape index (κ3) is 3.01. The van der Waals surface area contributed by atoms with Crippen molar-refractivity contribution in [1.82, 2.24) is 4.90 Å². The smallest absolute Gasteiger partial charge is 0.249 e. The first-order valence-corrected chi connectivity index (χ1v) is 11.8. The fourth-order valence-corrected chi connectivity index (χ4v) is 5.91. The molecule has 0 bridgehead atoms. The van der Waals surface area contributed by atoms with Gasteiger partial charge in [0.2, 0.25) is 23.6 Å². The van der Waals surface area contributed by atoms with Gasteiger partial charge in [0.05, 0.1) is 43.0 Å². The minimum Gasteiger partial charge on any atom is -0.378 e. The van der Waals surface area contributed by atoms with E-state index in [1.165, 1.54) is 4.90 Å². The molecule has 4 aliphatic rings. The van der Waals surface area contributed by atoms with Crippen LogP contribution in [0.1, 0.15) is 6.42 Å². The Morgan fingerprint density at radius 3 is 1.97 bits per heavy atom. The van der Waals surface area contributed by atoms with Gasteiger partial charge in [-0.2, -0.15) is 0 Å². The van der Waals surface area contributed by atoms with Gasteiger partial charge in [-0.15, -0.1) is 0 Å². The number of aliphatic imine (C=N–C) groups is 1. The Kier molecular flexibility index (Phi) is 5.03. The minimum absolute atomic E-state index is 0.101. The molecule has 4 amide bonds. The van der Waals surface area contributed by atoms with Crippen molar-refractivity contribution in [1.29, 1.82) is 0 Å². The van der Waals surface area contributed by atoms with Gasteiger partial charge in [-0.3, -0.25) is 29.1 Å². The molecule has 4 aliphatic heterocycles. The summed E-state index contributed by atoms with van der Waals surface area (Å²) in [6.45, 7) is 2.01. The van der Waals surface area contributed by atoms with E-state index in [0.717, 1.165) is 4.90 Å². The molecule has 35 heavy (non-hydrogen) atoms. The summed E-state index contributed by atoms with van der Waals surface area (Å²) in [7, 11) is 0. The van der Waals surface area contributed by atoms with Crippen molar-refractivity contribution in [2.45, 2.75) is 6.42 Å². The van der Waals surface area contributed by atoms with E-state index < -0.39 is 29.1 Å². The second-order valence-electron chi connectivity index (χ2n) is 9.16. The van der Waals surface area contributed by atoms with Crippen molar-refractivity contribution < 1.29 is 23.9 Å². The third-order valence-electron chi connectivity index (χ3n) is 7.45. The van der Waals surface area contributed by atoms with Gasteiger partial charge in [0.25, 0.3) is 0 Å². The second-order valence-corrected chi connectivity index (χ2v) is 9.16. The van der Waals surface area contributed by atoms with E-state index >= 15 is 0 Å². The van der Waals surface area contributed by atoms with Gasteiger partial charge in [-0.25, -0.2) is 4.90 Å². The van der Waals surface area contributed by atoms with Crippen LogP contribution in [0.4, 0.5) is 11.4 Å². The van der Waals surface area contributed by atoms with Gasteiger partial charge < -0.3 is 9.64 Å². The molecule has 0 spiro atoms. The van der Waals surface area contributed by atoms with Gasteiger partial charge in [0, 0.05) is 19.5 Å². The first-order valence-electron chi connectivity index (χ1n) is 11.8. The van der Waals surface area contributed by atoms with Gasteiger partial charge in [-0.1, -0.05) is 36.4 Å². The molecule has 3 saturated heterocycles. The average molecular weight is 473 g/mol. The van der Waals surface area contributed by atoms with E-state index in [-0.39, 0.29) is 24.8 Å². The van der Waals surface area contributed by atoms with Crippen molar-refractivity contribution in [2.75, 3.05) is 42.6 Å². The third-order valence-corrected chi connectivity index (χ3v) is 7.45. The topological polar surface area (TPSA) is 99.6 Å². The fourth-order valence-electron chi connectivity index (χ4n) is 5.91. The Labute approximate surface area is 202 Å². The summed E-state index contributed by atoms with van der Waals surface area (Å²) >= 11 is 0. The predicted molar refractivity (Wildman–Crippen MR) is 127 cm³/mol. The number of para-hydroxylation sites is 2. The second kappa shape index (κ2) is 8.13. The number of hydrogen-bond acceptors (Lipinski definition) is 7. The summed E-state index contributed by atoms with van der Waals surface area (Å²) in [6.07, 6.45) is -0.158. The molecular formula is C26H24N4O5. The quantitative estimate of drug-likeness (QED) is 0.628. The van der Waals surface area contributed by atoms with Crippen molar-refractivity contribution in [3.8, 4) is 0 Å². The van der Waals surface area contributed by atoms with Crippen LogP contribution < -0.4 is 9.80 Å². The molecule has 178 valence electrons. The summed E-state index contributed by atoms with van der Waals surface area (Å²) in [5.41, 5.74) is -0.618. The van der Waals surface area contributed by atoms with Crippen LogP contribution in [0.5, 0.6) is 0 Å². The van der Waals surface area contributed by atoms with E-state index in [4.69, 9.17) is 4.74 Å². The van der Waals surface area contributed by atoms with Crippen LogP contribution >= 0.6 is 0 Å². The number of ether oxygens (including phenoxy) is 1. The lowest BCUT2D eigenvalue weighted by Crippen LogP contribution is -2.57. The maximum absolute atomic E-state index is 14.3. The van der Waals surface area contributed by atoms with E-state index in [0.29, 0.717) is 43.5 Å². The summed E-state index contributed by atoms with van der Waals surface area (Å²) in [4.78, 5) is 64.1. The SMILES string of the molecule is O=C1CC(C23C(=O)N(c4ccccc4)C(=O)C2CN=C3N2CCOCC2)C(=O)N1c1ccccc1. The van der Waals surface area contributed by atoms with Crippen LogP contribution in [-0.4, -0.2) is 67.2 Å². The van der Waals surface area contributed by atoms with E-state index in [1.807, 2.05) is 11.0 Å². The zero-order valence-electron chi connectivity index (χ0n) is 19.0. The maximum Gasteiger partial charge on any atom is 0.249 e. The van der Waals surface area contributed by atoms with Crippen LogP contribution in [0.15, 0.2) is 65.7 Å². The Hall–Kier alpha value is -3.85. The monoisotopic (exact) mass is 472 g/mol. The molecule has 0 aromatic heterocycles. The molecule has 0 saturated carbocycles. The number of amidine groups is 1. The molecule has 0 radical (unpaired) electrons. The molecule has 4 heterocycles. The first kappa shape index (κ1) is 21.7. The van der Waals surface area contributed by atoms with Crippen LogP contribution in [0.3, 0.4) is 0 Å². The summed E-state index contributed by atoms with van der Waals surface area (Å²) in [6, 6.07) is 17.4. The van der Waals surface area contributed by atoms with Gasteiger partial charge in [0.15, 0.2) is 0 Å². The highest BCUT2D eigenvalue weighted by Crippen LogP contribution is 2.54. The van der Waals surface area contributed by atoms with Gasteiger partial charge in [0.1, 0.15) is 11.3 Å². The average Bonchev–Trinajstić information content (AvgIpc) is 3.50. The summed E-state index contributed by atoms with van der Waals surface area (Å²) < 4.78 is 5.49. The highest BCUT2D eigenvalue weighted by Gasteiger charge is 2.72. The lowest BCUT2D eigenvalue weighted by atomic mass is 9.67.